The lowest BCUT2D eigenvalue weighted by molar-refractivity contribution is -0.135. The van der Waals surface area contributed by atoms with E-state index in [1.54, 1.807) is 22.9 Å². The highest BCUT2D eigenvalue weighted by Gasteiger charge is 2.39. The Morgan fingerprint density at radius 1 is 1.08 bits per heavy atom. The molecule has 1 unspecified atom stereocenters. The van der Waals surface area contributed by atoms with Gasteiger partial charge in [0.1, 0.15) is 0 Å². The van der Waals surface area contributed by atoms with E-state index < -0.39 is 0 Å². The molecule has 4 nitrogen and oxygen atoms in total. The number of benzene rings is 1. The summed E-state index contributed by atoms with van der Waals surface area (Å²) in [6.07, 6.45) is 7.65. The van der Waals surface area contributed by atoms with Crippen LogP contribution in [0.3, 0.4) is 0 Å². The molecule has 1 fully saturated rings. The van der Waals surface area contributed by atoms with Crippen molar-refractivity contribution in [3.63, 3.8) is 0 Å². The number of nitrogens with zero attached hydrogens (tertiary/aromatic N) is 2. The third-order valence-corrected chi connectivity index (χ3v) is 5.37. The predicted molar refractivity (Wildman–Crippen MR) is 97.3 cm³/mol. The Bertz CT molecular complexity index is 822. The molecule has 130 valence electrons. The monoisotopic (exact) mass is 336 g/mol. The first-order valence-electron chi connectivity index (χ1n) is 9.28. The Kier molecular flexibility index (Phi) is 4.43. The fourth-order valence-electron chi connectivity index (χ4n) is 3.99. The van der Waals surface area contributed by atoms with Gasteiger partial charge in [0.05, 0.1) is 6.04 Å². The molecule has 0 spiro atoms. The zero-order chi connectivity index (χ0) is 17.2. The van der Waals surface area contributed by atoms with E-state index in [-0.39, 0.29) is 17.5 Å². The minimum Gasteiger partial charge on any atom is -0.333 e. The van der Waals surface area contributed by atoms with Crippen molar-refractivity contribution in [1.29, 1.82) is 0 Å². The Labute approximate surface area is 148 Å². The molecule has 1 aromatic heterocycles. The molecule has 1 heterocycles. The van der Waals surface area contributed by atoms with Crippen molar-refractivity contribution in [2.75, 3.05) is 0 Å². The molecule has 2 aliphatic carbocycles. The molecule has 0 aliphatic heterocycles. The lowest BCUT2D eigenvalue weighted by atomic mass is 9.86. The maximum atomic E-state index is 13.0. The molecule has 25 heavy (non-hydrogen) atoms. The summed E-state index contributed by atoms with van der Waals surface area (Å²) in [5.41, 5.74) is 2.67. The molecule has 2 aliphatic rings. The lowest BCUT2D eigenvalue weighted by Crippen LogP contribution is -2.39. The van der Waals surface area contributed by atoms with Crippen molar-refractivity contribution in [3.05, 3.63) is 70.1 Å². The van der Waals surface area contributed by atoms with Gasteiger partial charge in [0.15, 0.2) is 0 Å². The third-order valence-electron chi connectivity index (χ3n) is 5.37. The molecule has 1 amide bonds. The summed E-state index contributed by atoms with van der Waals surface area (Å²) in [6, 6.07) is 14.2. The van der Waals surface area contributed by atoms with Crippen molar-refractivity contribution in [1.82, 2.24) is 9.47 Å². The van der Waals surface area contributed by atoms with Crippen molar-refractivity contribution >= 4 is 5.91 Å². The fraction of sp³-hybridized carbons (Fsp3) is 0.429. The fourth-order valence-corrected chi connectivity index (χ4v) is 3.99. The van der Waals surface area contributed by atoms with Crippen LogP contribution in [0.15, 0.2) is 53.5 Å². The molecule has 2 aromatic rings. The molecule has 1 aromatic carbocycles. The van der Waals surface area contributed by atoms with Gasteiger partial charge in [-0.1, -0.05) is 30.3 Å². The Balaban J connectivity index is 1.53. The number of carbonyl (C=O) groups is 1. The molecule has 0 saturated heterocycles. The number of amides is 1. The van der Waals surface area contributed by atoms with Gasteiger partial charge < -0.3 is 9.47 Å². The van der Waals surface area contributed by atoms with Crippen molar-refractivity contribution in [2.24, 2.45) is 0 Å². The van der Waals surface area contributed by atoms with Crippen LogP contribution in [0.4, 0.5) is 0 Å². The van der Waals surface area contributed by atoms with Crippen molar-refractivity contribution in [2.45, 2.75) is 57.2 Å². The quantitative estimate of drug-likeness (QED) is 0.841. The summed E-state index contributed by atoms with van der Waals surface area (Å²) in [7, 11) is 0. The molecular formula is C21H24N2O2. The second-order valence-corrected chi connectivity index (χ2v) is 7.12. The van der Waals surface area contributed by atoms with Gasteiger partial charge in [-0.25, -0.2) is 0 Å². The summed E-state index contributed by atoms with van der Waals surface area (Å²) in [4.78, 5) is 27.0. The highest BCUT2D eigenvalue weighted by Crippen LogP contribution is 2.41. The number of pyridine rings is 1. The van der Waals surface area contributed by atoms with E-state index in [0.717, 1.165) is 32.1 Å². The number of rotatable bonds is 5. The largest absolute Gasteiger partial charge is 0.333 e. The van der Waals surface area contributed by atoms with Crippen LogP contribution >= 0.6 is 0 Å². The van der Waals surface area contributed by atoms with E-state index in [0.29, 0.717) is 19.0 Å². The van der Waals surface area contributed by atoms with Crippen molar-refractivity contribution < 1.29 is 4.79 Å². The van der Waals surface area contributed by atoms with E-state index >= 15 is 0 Å². The average Bonchev–Trinajstić information content (AvgIpc) is 3.46. The summed E-state index contributed by atoms with van der Waals surface area (Å²) in [5, 5.41) is 0. The third kappa shape index (κ3) is 3.39. The van der Waals surface area contributed by atoms with E-state index in [4.69, 9.17) is 0 Å². The first-order chi connectivity index (χ1) is 12.2. The minimum absolute atomic E-state index is 0.0451. The molecule has 1 atom stereocenters. The maximum absolute atomic E-state index is 13.0. The molecule has 0 N–H and O–H groups in total. The van der Waals surface area contributed by atoms with Crippen LogP contribution in [0.5, 0.6) is 0 Å². The summed E-state index contributed by atoms with van der Waals surface area (Å²) >= 11 is 0. The van der Waals surface area contributed by atoms with E-state index in [1.807, 2.05) is 6.07 Å². The van der Waals surface area contributed by atoms with Crippen LogP contribution < -0.4 is 5.56 Å². The predicted octanol–water partition coefficient (Wildman–Crippen LogP) is 3.31. The van der Waals surface area contributed by atoms with E-state index in [9.17, 15) is 9.59 Å². The number of aromatic nitrogens is 1. The number of hydrogen-bond acceptors (Lipinski definition) is 2. The van der Waals surface area contributed by atoms with Gasteiger partial charge >= 0.3 is 0 Å². The van der Waals surface area contributed by atoms with Crippen LogP contribution in [0, 0.1) is 0 Å². The summed E-state index contributed by atoms with van der Waals surface area (Å²) in [6.45, 7) is 0.454. The normalized spacial score (nSPS) is 19.3. The zero-order valence-corrected chi connectivity index (χ0v) is 14.4. The van der Waals surface area contributed by atoms with Gasteiger partial charge in [-0.2, -0.15) is 0 Å². The second-order valence-electron chi connectivity index (χ2n) is 7.12. The van der Waals surface area contributed by atoms with Gasteiger partial charge in [0, 0.05) is 31.3 Å². The van der Waals surface area contributed by atoms with Crippen LogP contribution in [0.1, 0.15) is 49.3 Å². The summed E-state index contributed by atoms with van der Waals surface area (Å²) in [5.74, 6) is 0.181. The topological polar surface area (TPSA) is 42.3 Å². The molecule has 1 saturated carbocycles. The first kappa shape index (κ1) is 16.1. The lowest BCUT2D eigenvalue weighted by Gasteiger charge is -2.36. The molecule has 0 bridgehead atoms. The average molecular weight is 336 g/mol. The SMILES string of the molecule is O=C(CCn1ccccc1=O)N(C1CC1)C1CCCc2ccccc21. The van der Waals surface area contributed by atoms with Gasteiger partial charge in [-0.05, 0) is 49.3 Å². The van der Waals surface area contributed by atoms with E-state index in [2.05, 4.69) is 29.2 Å². The molecular weight excluding hydrogens is 312 g/mol. The highest BCUT2D eigenvalue weighted by atomic mass is 16.2. The maximum Gasteiger partial charge on any atom is 0.250 e. The Morgan fingerprint density at radius 3 is 2.68 bits per heavy atom. The smallest absolute Gasteiger partial charge is 0.250 e. The van der Waals surface area contributed by atoms with Crippen molar-refractivity contribution in [3.8, 4) is 0 Å². The van der Waals surface area contributed by atoms with E-state index in [1.165, 1.54) is 11.1 Å². The minimum atomic E-state index is -0.0451. The number of aryl methyl sites for hydroxylation is 2. The second kappa shape index (κ2) is 6.87. The Hall–Kier alpha value is -2.36. The number of fused-ring (bicyclic) bond motifs is 1. The highest BCUT2D eigenvalue weighted by molar-refractivity contribution is 5.77. The van der Waals surface area contributed by atoms with Gasteiger partial charge in [-0.15, -0.1) is 0 Å². The summed E-state index contributed by atoms with van der Waals surface area (Å²) < 4.78 is 1.62. The molecule has 0 radical (unpaired) electrons. The van der Waals surface area contributed by atoms with Crippen LogP contribution in [0.25, 0.3) is 0 Å². The van der Waals surface area contributed by atoms with Gasteiger partial charge in [0.2, 0.25) is 5.91 Å². The Morgan fingerprint density at radius 2 is 1.88 bits per heavy atom. The number of hydrogen-bond donors (Lipinski definition) is 0. The van der Waals surface area contributed by atoms with Crippen LogP contribution in [-0.2, 0) is 17.8 Å². The van der Waals surface area contributed by atoms with Crippen LogP contribution in [0.2, 0.25) is 0 Å². The molecule has 4 rings (SSSR count). The number of carbonyl (C=O) groups excluding carboxylic acids is 1. The van der Waals surface area contributed by atoms with Gasteiger partial charge in [-0.3, -0.25) is 9.59 Å². The first-order valence-corrected chi connectivity index (χ1v) is 9.28. The van der Waals surface area contributed by atoms with Gasteiger partial charge in [0.25, 0.3) is 5.56 Å². The molecule has 4 heteroatoms. The standard InChI is InChI=1S/C21H24N2O2/c24-20-10-3-4-14-22(20)15-13-21(25)23(17-11-12-17)19-9-5-7-16-6-1-2-8-18(16)19/h1-4,6,8,10,14,17,19H,5,7,9,11-13,15H2. The van der Waals surface area contributed by atoms with Crippen LogP contribution in [-0.4, -0.2) is 21.4 Å². The zero-order valence-electron chi connectivity index (χ0n) is 14.4.